The Morgan fingerprint density at radius 3 is 2.92 bits per heavy atom. The molecule has 0 spiro atoms. The smallest absolute Gasteiger partial charge is 0.343 e. The van der Waals surface area contributed by atoms with Gasteiger partial charge in [-0.3, -0.25) is 0 Å². The van der Waals surface area contributed by atoms with Crippen LogP contribution >= 0.6 is 0 Å². The molecule has 4 heteroatoms. The highest BCUT2D eigenvalue weighted by atomic mass is 16.5. The van der Waals surface area contributed by atoms with Crippen LogP contribution in [0.4, 0.5) is 0 Å². The second kappa shape index (κ2) is 4.07. The standard InChI is InChI=1S/C9H13NO3/c1-4-12-9(11)7-5-10-13-8(7)6(2)3/h5-6H,4H2,1-3H3. The van der Waals surface area contributed by atoms with Crippen LogP contribution in [-0.4, -0.2) is 17.7 Å². The summed E-state index contributed by atoms with van der Waals surface area (Å²) in [6, 6.07) is 0. The minimum atomic E-state index is -0.368. The van der Waals surface area contributed by atoms with Crippen molar-refractivity contribution in [3.8, 4) is 0 Å². The van der Waals surface area contributed by atoms with Crippen LogP contribution < -0.4 is 0 Å². The van der Waals surface area contributed by atoms with Gasteiger partial charge in [-0.1, -0.05) is 19.0 Å². The van der Waals surface area contributed by atoms with Gasteiger partial charge in [-0.2, -0.15) is 0 Å². The Hall–Kier alpha value is -1.32. The van der Waals surface area contributed by atoms with Gasteiger partial charge in [-0.05, 0) is 6.92 Å². The van der Waals surface area contributed by atoms with Gasteiger partial charge in [-0.15, -0.1) is 0 Å². The van der Waals surface area contributed by atoms with E-state index in [1.807, 2.05) is 13.8 Å². The maximum absolute atomic E-state index is 11.3. The maximum atomic E-state index is 11.3. The average Bonchev–Trinajstić information content (AvgIpc) is 2.52. The molecular weight excluding hydrogens is 170 g/mol. The summed E-state index contributed by atoms with van der Waals surface area (Å²) in [4.78, 5) is 11.3. The van der Waals surface area contributed by atoms with Crippen molar-refractivity contribution in [1.82, 2.24) is 5.16 Å². The Labute approximate surface area is 76.9 Å². The molecular formula is C9H13NO3. The van der Waals surface area contributed by atoms with Crippen LogP contribution in [0.3, 0.4) is 0 Å². The van der Waals surface area contributed by atoms with E-state index in [4.69, 9.17) is 9.26 Å². The summed E-state index contributed by atoms with van der Waals surface area (Å²) >= 11 is 0. The number of carbonyl (C=O) groups is 1. The third kappa shape index (κ3) is 2.08. The number of ether oxygens (including phenoxy) is 1. The lowest BCUT2D eigenvalue weighted by Gasteiger charge is -2.02. The van der Waals surface area contributed by atoms with E-state index < -0.39 is 0 Å². The molecule has 0 radical (unpaired) electrons. The van der Waals surface area contributed by atoms with E-state index in [0.29, 0.717) is 17.9 Å². The number of nitrogens with zero attached hydrogens (tertiary/aromatic N) is 1. The lowest BCUT2D eigenvalue weighted by molar-refractivity contribution is 0.0523. The molecule has 72 valence electrons. The van der Waals surface area contributed by atoms with Crippen LogP contribution in [-0.2, 0) is 4.74 Å². The van der Waals surface area contributed by atoms with Crippen LogP contribution in [0.2, 0.25) is 0 Å². The van der Waals surface area contributed by atoms with E-state index in [-0.39, 0.29) is 11.9 Å². The quantitative estimate of drug-likeness (QED) is 0.672. The lowest BCUT2D eigenvalue weighted by atomic mass is 10.1. The van der Waals surface area contributed by atoms with Gasteiger partial charge in [0.05, 0.1) is 12.8 Å². The van der Waals surface area contributed by atoms with Gasteiger partial charge in [0, 0.05) is 5.92 Å². The second-order valence-electron chi connectivity index (χ2n) is 2.98. The SMILES string of the molecule is CCOC(=O)c1cnoc1C(C)C. The van der Waals surface area contributed by atoms with Crippen LogP contribution in [0, 0.1) is 0 Å². The topological polar surface area (TPSA) is 52.3 Å². The van der Waals surface area contributed by atoms with Gasteiger partial charge in [0.2, 0.25) is 0 Å². The van der Waals surface area contributed by atoms with Gasteiger partial charge >= 0.3 is 5.97 Å². The van der Waals surface area contributed by atoms with Crippen molar-refractivity contribution >= 4 is 5.97 Å². The Kier molecular flexibility index (Phi) is 3.06. The highest BCUT2D eigenvalue weighted by molar-refractivity contribution is 5.90. The summed E-state index contributed by atoms with van der Waals surface area (Å²) in [5.74, 6) is 0.354. The molecule has 0 saturated heterocycles. The number of aromatic nitrogens is 1. The van der Waals surface area contributed by atoms with E-state index in [0.717, 1.165) is 0 Å². The normalized spacial score (nSPS) is 10.5. The molecule has 13 heavy (non-hydrogen) atoms. The van der Waals surface area contributed by atoms with Crippen molar-refractivity contribution in [3.05, 3.63) is 17.5 Å². The van der Waals surface area contributed by atoms with E-state index in [9.17, 15) is 4.79 Å². The fourth-order valence-corrected chi connectivity index (χ4v) is 1.03. The van der Waals surface area contributed by atoms with Crippen LogP contribution in [0.1, 0.15) is 42.8 Å². The zero-order valence-electron chi connectivity index (χ0n) is 8.03. The van der Waals surface area contributed by atoms with Crippen molar-refractivity contribution in [2.24, 2.45) is 0 Å². The Morgan fingerprint density at radius 1 is 1.69 bits per heavy atom. The highest BCUT2D eigenvalue weighted by Crippen LogP contribution is 2.19. The van der Waals surface area contributed by atoms with E-state index in [2.05, 4.69) is 5.16 Å². The molecule has 0 fully saturated rings. The van der Waals surface area contributed by atoms with E-state index >= 15 is 0 Å². The predicted octanol–water partition coefficient (Wildman–Crippen LogP) is 1.97. The molecule has 0 aliphatic rings. The van der Waals surface area contributed by atoms with Crippen molar-refractivity contribution in [3.63, 3.8) is 0 Å². The Bertz CT molecular complexity index is 291. The van der Waals surface area contributed by atoms with E-state index in [1.165, 1.54) is 6.20 Å². The summed E-state index contributed by atoms with van der Waals surface area (Å²) in [6.07, 6.45) is 1.40. The zero-order chi connectivity index (χ0) is 9.84. The molecule has 0 bridgehead atoms. The molecule has 0 saturated carbocycles. The molecule has 0 aliphatic carbocycles. The molecule has 0 amide bonds. The van der Waals surface area contributed by atoms with Gasteiger partial charge < -0.3 is 9.26 Å². The molecule has 1 aromatic heterocycles. The molecule has 1 aromatic rings. The van der Waals surface area contributed by atoms with Gasteiger partial charge in [0.15, 0.2) is 5.76 Å². The van der Waals surface area contributed by atoms with E-state index in [1.54, 1.807) is 6.92 Å². The minimum Gasteiger partial charge on any atom is -0.462 e. The summed E-state index contributed by atoms with van der Waals surface area (Å²) in [6.45, 7) is 5.99. The van der Waals surface area contributed by atoms with Crippen LogP contribution in [0.5, 0.6) is 0 Å². The van der Waals surface area contributed by atoms with Crippen LogP contribution in [0.15, 0.2) is 10.7 Å². The molecule has 0 N–H and O–H groups in total. The molecule has 1 heterocycles. The van der Waals surface area contributed by atoms with Gasteiger partial charge in [-0.25, -0.2) is 4.79 Å². The fraction of sp³-hybridized carbons (Fsp3) is 0.556. The van der Waals surface area contributed by atoms with Gasteiger partial charge in [0.25, 0.3) is 0 Å². The summed E-state index contributed by atoms with van der Waals surface area (Å²) < 4.78 is 9.78. The monoisotopic (exact) mass is 183 g/mol. The van der Waals surface area contributed by atoms with Crippen molar-refractivity contribution in [1.29, 1.82) is 0 Å². The van der Waals surface area contributed by atoms with Crippen molar-refractivity contribution < 1.29 is 14.1 Å². The molecule has 0 unspecified atom stereocenters. The minimum absolute atomic E-state index is 0.141. The van der Waals surface area contributed by atoms with Gasteiger partial charge in [0.1, 0.15) is 5.56 Å². The first-order valence-electron chi connectivity index (χ1n) is 4.28. The molecule has 0 aliphatic heterocycles. The van der Waals surface area contributed by atoms with Crippen molar-refractivity contribution in [2.45, 2.75) is 26.7 Å². The number of carbonyl (C=O) groups excluding carboxylic acids is 1. The summed E-state index contributed by atoms with van der Waals surface area (Å²) in [5, 5.41) is 3.57. The number of rotatable bonds is 3. The zero-order valence-corrected chi connectivity index (χ0v) is 8.03. The maximum Gasteiger partial charge on any atom is 0.343 e. The average molecular weight is 183 g/mol. The third-order valence-corrected chi connectivity index (χ3v) is 1.62. The third-order valence-electron chi connectivity index (χ3n) is 1.62. The first kappa shape index (κ1) is 9.77. The number of esters is 1. The largest absolute Gasteiger partial charge is 0.462 e. The first-order valence-corrected chi connectivity index (χ1v) is 4.28. The molecule has 4 nitrogen and oxygen atoms in total. The second-order valence-corrected chi connectivity index (χ2v) is 2.98. The van der Waals surface area contributed by atoms with Crippen LogP contribution in [0.25, 0.3) is 0 Å². The molecule has 0 aromatic carbocycles. The summed E-state index contributed by atoms with van der Waals surface area (Å²) in [7, 11) is 0. The fourth-order valence-electron chi connectivity index (χ4n) is 1.03. The Morgan fingerprint density at radius 2 is 2.38 bits per heavy atom. The number of hydrogen-bond acceptors (Lipinski definition) is 4. The molecule has 1 rings (SSSR count). The number of hydrogen-bond donors (Lipinski definition) is 0. The molecule has 0 atom stereocenters. The predicted molar refractivity (Wildman–Crippen MR) is 46.5 cm³/mol. The summed E-state index contributed by atoms with van der Waals surface area (Å²) in [5.41, 5.74) is 0.428. The van der Waals surface area contributed by atoms with Crippen molar-refractivity contribution in [2.75, 3.05) is 6.61 Å². The Balaban J connectivity index is 2.87. The first-order chi connectivity index (χ1) is 6.16. The highest BCUT2D eigenvalue weighted by Gasteiger charge is 2.19. The lowest BCUT2D eigenvalue weighted by Crippen LogP contribution is -2.06.